The van der Waals surface area contributed by atoms with E-state index in [-0.39, 0.29) is 17.9 Å². The van der Waals surface area contributed by atoms with E-state index in [1.54, 1.807) is 30.3 Å². The van der Waals surface area contributed by atoms with Gasteiger partial charge in [0.05, 0.1) is 15.1 Å². The van der Waals surface area contributed by atoms with Crippen LogP contribution in [0.25, 0.3) is 6.08 Å². The summed E-state index contributed by atoms with van der Waals surface area (Å²) in [4.78, 5) is 21.7. The lowest BCUT2D eigenvalue weighted by molar-refractivity contribution is -0.384. The van der Waals surface area contributed by atoms with Crippen LogP contribution in [0.4, 0.5) is 5.69 Å². The first-order valence-electron chi connectivity index (χ1n) is 8.09. The maximum atomic E-state index is 11.3. The minimum Gasteiger partial charge on any atom is -0.490 e. The molecule has 8 nitrogen and oxygen atoms in total. The number of ether oxygens (including phenoxy) is 2. The van der Waals surface area contributed by atoms with E-state index < -0.39 is 10.8 Å². The first kappa shape index (κ1) is 21.2. The van der Waals surface area contributed by atoms with Gasteiger partial charge in [-0.2, -0.15) is 5.26 Å². The maximum Gasteiger partial charge on any atom is 0.269 e. The average molecular weight is 493 g/mol. The van der Waals surface area contributed by atoms with E-state index >= 15 is 0 Å². The van der Waals surface area contributed by atoms with Gasteiger partial charge in [0.1, 0.15) is 18.2 Å². The number of nitriles is 1. The molecule has 0 aliphatic heterocycles. The Morgan fingerprint density at radius 3 is 2.71 bits per heavy atom. The van der Waals surface area contributed by atoms with Crippen molar-refractivity contribution in [3.63, 3.8) is 0 Å². The summed E-state index contributed by atoms with van der Waals surface area (Å²) >= 11 is 2.05. The number of carbonyl (C=O) groups excluding carboxylic acids is 1. The van der Waals surface area contributed by atoms with Crippen LogP contribution >= 0.6 is 22.6 Å². The van der Waals surface area contributed by atoms with E-state index in [1.807, 2.05) is 29.5 Å². The fourth-order valence-electron chi connectivity index (χ4n) is 2.31. The van der Waals surface area contributed by atoms with Crippen LogP contribution in [-0.2, 0) is 11.4 Å². The number of hydrogen-bond donors (Lipinski definition) is 1. The molecule has 28 heavy (non-hydrogen) atoms. The van der Waals surface area contributed by atoms with Gasteiger partial charge in [0, 0.05) is 12.1 Å². The Kier molecular flexibility index (Phi) is 7.34. The summed E-state index contributed by atoms with van der Waals surface area (Å²) < 4.78 is 12.1. The van der Waals surface area contributed by atoms with Crippen molar-refractivity contribution < 1.29 is 19.2 Å². The number of halogens is 1. The Balaban J connectivity index is 2.34. The number of rotatable bonds is 8. The van der Waals surface area contributed by atoms with E-state index in [4.69, 9.17) is 20.5 Å². The molecule has 0 aliphatic rings. The van der Waals surface area contributed by atoms with Crippen LogP contribution in [0, 0.1) is 25.0 Å². The van der Waals surface area contributed by atoms with Crippen molar-refractivity contribution >= 4 is 40.3 Å². The van der Waals surface area contributed by atoms with Crippen LogP contribution < -0.4 is 15.2 Å². The lowest BCUT2D eigenvalue weighted by Crippen LogP contribution is -2.12. The van der Waals surface area contributed by atoms with Crippen molar-refractivity contribution in [3.8, 4) is 17.6 Å². The van der Waals surface area contributed by atoms with Gasteiger partial charge in [-0.05, 0) is 58.9 Å². The number of non-ortho nitro benzene ring substituents is 1. The fourth-order valence-corrected chi connectivity index (χ4v) is 3.10. The standard InChI is InChI=1S/C19H16IN3O5/c1-2-27-17-9-13(6-14(10-21)19(22)24)8-16(20)18(17)28-11-12-4-3-5-15(7-12)23(25)26/h3-9H,2,11H2,1H3,(H2,22,24)/b14-6+. The first-order valence-corrected chi connectivity index (χ1v) is 9.17. The molecule has 9 heteroatoms. The molecule has 0 atom stereocenters. The minimum absolute atomic E-state index is 0.0169. The SMILES string of the molecule is CCOc1cc(/C=C(\C#N)C(N)=O)cc(I)c1OCc1cccc([N+](=O)[O-])c1. The third-order valence-electron chi connectivity index (χ3n) is 3.53. The van der Waals surface area contributed by atoms with Gasteiger partial charge in [0.2, 0.25) is 0 Å². The van der Waals surface area contributed by atoms with E-state index in [0.717, 1.165) is 0 Å². The molecule has 0 aromatic heterocycles. The number of benzene rings is 2. The second-order valence-electron chi connectivity index (χ2n) is 5.51. The van der Waals surface area contributed by atoms with E-state index in [2.05, 4.69) is 0 Å². The normalized spacial score (nSPS) is 10.8. The predicted octanol–water partition coefficient (Wildman–Crippen LogP) is 3.57. The molecule has 0 heterocycles. The molecule has 2 N–H and O–H groups in total. The van der Waals surface area contributed by atoms with Gasteiger partial charge in [-0.3, -0.25) is 14.9 Å². The topological polar surface area (TPSA) is 128 Å². The first-order chi connectivity index (χ1) is 13.3. The molecule has 1 amide bonds. The molecule has 2 aromatic carbocycles. The van der Waals surface area contributed by atoms with Crippen molar-refractivity contribution in [2.75, 3.05) is 6.61 Å². The number of carbonyl (C=O) groups is 1. The number of nitro groups is 1. The third-order valence-corrected chi connectivity index (χ3v) is 4.33. The second kappa shape index (κ2) is 9.70. The summed E-state index contributed by atoms with van der Waals surface area (Å²) in [5.74, 6) is 0.0676. The van der Waals surface area contributed by atoms with Gasteiger partial charge < -0.3 is 15.2 Å². The number of nitro benzene ring substituents is 1. The van der Waals surface area contributed by atoms with Crippen LogP contribution in [0.1, 0.15) is 18.1 Å². The molecule has 0 spiro atoms. The minimum atomic E-state index is -0.818. The van der Waals surface area contributed by atoms with Crippen molar-refractivity contribution in [3.05, 3.63) is 66.8 Å². The van der Waals surface area contributed by atoms with Crippen LogP contribution in [0.3, 0.4) is 0 Å². The van der Waals surface area contributed by atoms with Crippen LogP contribution in [-0.4, -0.2) is 17.4 Å². The van der Waals surface area contributed by atoms with Gasteiger partial charge >= 0.3 is 0 Å². The van der Waals surface area contributed by atoms with Gasteiger partial charge in [-0.15, -0.1) is 0 Å². The summed E-state index contributed by atoms with van der Waals surface area (Å²) in [5.41, 5.74) is 6.17. The lowest BCUT2D eigenvalue weighted by Gasteiger charge is -2.15. The molecule has 0 radical (unpaired) electrons. The number of primary amides is 1. The number of hydrogen-bond acceptors (Lipinski definition) is 6. The molecule has 0 saturated heterocycles. The molecule has 0 fully saturated rings. The smallest absolute Gasteiger partial charge is 0.269 e. The van der Waals surface area contributed by atoms with Gasteiger partial charge in [0.25, 0.3) is 11.6 Å². The zero-order valence-corrected chi connectivity index (χ0v) is 17.0. The highest BCUT2D eigenvalue weighted by Crippen LogP contribution is 2.35. The monoisotopic (exact) mass is 493 g/mol. The highest BCUT2D eigenvalue weighted by atomic mass is 127. The van der Waals surface area contributed by atoms with Gasteiger partial charge in [-0.1, -0.05) is 12.1 Å². The Labute approximate surface area is 174 Å². The predicted molar refractivity (Wildman–Crippen MR) is 111 cm³/mol. The maximum absolute atomic E-state index is 11.3. The number of nitrogens with two attached hydrogens (primary N) is 1. The zero-order chi connectivity index (χ0) is 20.7. The number of nitrogens with zero attached hydrogens (tertiary/aromatic N) is 2. The summed E-state index contributed by atoms with van der Waals surface area (Å²) in [6.45, 7) is 2.29. The quantitative estimate of drug-likeness (QED) is 0.197. The Morgan fingerprint density at radius 1 is 1.36 bits per heavy atom. The fraction of sp³-hybridized carbons (Fsp3) is 0.158. The van der Waals surface area contributed by atoms with Crippen molar-refractivity contribution in [2.45, 2.75) is 13.5 Å². The Hall–Kier alpha value is -3.13. The lowest BCUT2D eigenvalue weighted by atomic mass is 10.1. The molecule has 0 saturated carbocycles. The van der Waals surface area contributed by atoms with Crippen LogP contribution in [0.5, 0.6) is 11.5 Å². The van der Waals surface area contributed by atoms with Crippen LogP contribution in [0.2, 0.25) is 0 Å². The summed E-state index contributed by atoms with van der Waals surface area (Å²) in [6.07, 6.45) is 1.37. The molecule has 0 unspecified atom stereocenters. The molecule has 144 valence electrons. The van der Waals surface area contributed by atoms with Crippen molar-refractivity contribution in [1.82, 2.24) is 0 Å². The average Bonchev–Trinajstić information content (AvgIpc) is 2.65. The van der Waals surface area contributed by atoms with Crippen LogP contribution in [0.15, 0.2) is 42.0 Å². The van der Waals surface area contributed by atoms with Crippen molar-refractivity contribution in [2.24, 2.45) is 5.73 Å². The van der Waals surface area contributed by atoms with E-state index in [9.17, 15) is 14.9 Å². The van der Waals surface area contributed by atoms with Gasteiger partial charge in [-0.25, -0.2) is 0 Å². The summed E-state index contributed by atoms with van der Waals surface area (Å²) in [6, 6.07) is 11.3. The summed E-state index contributed by atoms with van der Waals surface area (Å²) in [7, 11) is 0. The molecule has 0 aliphatic carbocycles. The largest absolute Gasteiger partial charge is 0.490 e. The molecular weight excluding hydrogens is 477 g/mol. The molecule has 2 rings (SSSR count). The second-order valence-corrected chi connectivity index (χ2v) is 6.67. The van der Waals surface area contributed by atoms with Crippen molar-refractivity contribution in [1.29, 1.82) is 5.26 Å². The highest BCUT2D eigenvalue weighted by molar-refractivity contribution is 14.1. The van der Waals surface area contributed by atoms with Gasteiger partial charge in [0.15, 0.2) is 11.5 Å². The molecule has 0 bridgehead atoms. The summed E-state index contributed by atoms with van der Waals surface area (Å²) in [5, 5.41) is 19.9. The Bertz CT molecular complexity index is 982. The van der Waals surface area contributed by atoms with E-state index in [0.29, 0.717) is 32.8 Å². The zero-order valence-electron chi connectivity index (χ0n) is 14.8. The highest BCUT2D eigenvalue weighted by Gasteiger charge is 2.14. The third kappa shape index (κ3) is 5.43. The number of amides is 1. The molecular formula is C19H16IN3O5. The molecule has 2 aromatic rings. The Morgan fingerprint density at radius 2 is 2.11 bits per heavy atom. The van der Waals surface area contributed by atoms with E-state index in [1.165, 1.54) is 18.2 Å².